The number of hydrogen-bond acceptors (Lipinski definition) is 4. The summed E-state index contributed by atoms with van der Waals surface area (Å²) < 4.78 is 1.50. The fourth-order valence-corrected chi connectivity index (χ4v) is 6.25. The topological polar surface area (TPSA) is 65.2 Å². The Labute approximate surface area is 174 Å². The van der Waals surface area contributed by atoms with Gasteiger partial charge < -0.3 is 0 Å². The maximum absolute atomic E-state index is 12.6. The molecule has 1 aromatic heterocycles. The Morgan fingerprint density at radius 3 is 2.79 bits per heavy atom. The summed E-state index contributed by atoms with van der Waals surface area (Å²) in [6, 6.07) is 9.95. The molecule has 3 aromatic rings. The third kappa shape index (κ3) is 3.60. The van der Waals surface area contributed by atoms with Gasteiger partial charge in [0.15, 0.2) is 0 Å². The predicted molar refractivity (Wildman–Crippen MR) is 109 cm³/mol. The summed E-state index contributed by atoms with van der Waals surface area (Å²) in [6.45, 7) is 8.65. The number of benzene rings is 2. The molecule has 1 aliphatic rings. The minimum absolute atomic E-state index is 0.0341. The standard InChI is InChI=1S/C22H25IN3O2/c1-3-26(4-2)11-10-24-13-19(27)23-17-8-9-18-21-16(17)12-14-6-5-7-15(20(14)21)22(28)25-18/h5-9,24H,3-4,10-13H2,1-2H3,(H,25,28)/q-1. The van der Waals surface area contributed by atoms with Crippen molar-refractivity contribution in [3.05, 3.63) is 55.4 Å². The zero-order chi connectivity index (χ0) is 19.7. The van der Waals surface area contributed by atoms with Crippen LogP contribution in [0, 0.1) is 3.57 Å². The van der Waals surface area contributed by atoms with Crippen molar-refractivity contribution in [1.82, 2.24) is 15.2 Å². The first-order valence-electron chi connectivity index (χ1n) is 9.82. The first-order valence-corrected chi connectivity index (χ1v) is 12.0. The number of pyridine rings is 1. The third-order valence-electron chi connectivity index (χ3n) is 5.49. The quantitative estimate of drug-likeness (QED) is 0.141. The zero-order valence-electron chi connectivity index (χ0n) is 16.3. The van der Waals surface area contributed by atoms with Crippen molar-refractivity contribution in [2.24, 2.45) is 0 Å². The van der Waals surface area contributed by atoms with Crippen LogP contribution in [0.3, 0.4) is 0 Å². The molecule has 1 heterocycles. The molecule has 5 nitrogen and oxygen atoms in total. The van der Waals surface area contributed by atoms with E-state index >= 15 is 0 Å². The summed E-state index contributed by atoms with van der Waals surface area (Å²) in [7, 11) is 0. The van der Waals surface area contributed by atoms with Gasteiger partial charge in [-0.1, -0.05) is 0 Å². The molecule has 0 saturated heterocycles. The van der Waals surface area contributed by atoms with Crippen LogP contribution in [0.2, 0.25) is 0 Å². The predicted octanol–water partition coefficient (Wildman–Crippen LogP) is -0.698. The number of aromatic nitrogens is 1. The Bertz CT molecular complexity index is 1100. The number of hydrogen-bond donors (Lipinski definition) is 2. The van der Waals surface area contributed by atoms with Gasteiger partial charge in [0, 0.05) is 0 Å². The molecule has 2 N–H and O–H groups in total. The number of aromatic amines is 1. The number of carbonyl (C=O) groups excluding carboxylic acids is 1. The molecule has 2 aromatic carbocycles. The number of H-pyrrole nitrogens is 1. The van der Waals surface area contributed by atoms with Gasteiger partial charge >= 0.3 is 175 Å². The average molecular weight is 490 g/mol. The van der Waals surface area contributed by atoms with E-state index in [0.29, 0.717) is 10.3 Å². The molecule has 6 heteroatoms. The molecule has 0 bridgehead atoms. The number of halogens is 1. The van der Waals surface area contributed by atoms with Gasteiger partial charge in [0.05, 0.1) is 0 Å². The Kier molecular flexibility index (Phi) is 5.80. The molecule has 0 saturated carbocycles. The molecule has 1 aliphatic carbocycles. The van der Waals surface area contributed by atoms with Gasteiger partial charge in [0.2, 0.25) is 0 Å². The molecule has 0 amide bonds. The average Bonchev–Trinajstić information content (AvgIpc) is 3.10. The van der Waals surface area contributed by atoms with Crippen LogP contribution in [0.15, 0.2) is 35.1 Å². The van der Waals surface area contributed by atoms with Crippen LogP contribution in [0.25, 0.3) is 21.7 Å². The van der Waals surface area contributed by atoms with Crippen molar-refractivity contribution in [3.8, 4) is 0 Å². The Morgan fingerprint density at radius 1 is 1.18 bits per heavy atom. The van der Waals surface area contributed by atoms with Crippen molar-refractivity contribution in [3.63, 3.8) is 0 Å². The molecule has 0 unspecified atom stereocenters. The first-order chi connectivity index (χ1) is 13.6. The fourth-order valence-electron chi connectivity index (χ4n) is 4.00. The number of likely N-dealkylation sites (N-methyl/N-ethyl adjacent to an activating group) is 1. The molecule has 0 fully saturated rings. The molecular weight excluding hydrogens is 465 g/mol. The van der Waals surface area contributed by atoms with Crippen LogP contribution in [-0.4, -0.2) is 46.4 Å². The Balaban J connectivity index is 1.51. The SMILES string of the molecule is CCN(CC)CCNCC(=O)[I-]c1ccc2[nH]c(=O)c3cccc4c3c2c1C4. The summed E-state index contributed by atoms with van der Waals surface area (Å²) in [5.74, 6) is 0. The first kappa shape index (κ1) is 19.5. The molecule has 4 rings (SSSR count). The van der Waals surface area contributed by atoms with Gasteiger partial charge in [-0.25, -0.2) is 0 Å². The number of nitrogens with zero attached hydrogens (tertiary/aromatic N) is 1. The third-order valence-corrected chi connectivity index (χ3v) is 8.06. The van der Waals surface area contributed by atoms with Crippen molar-refractivity contribution in [2.45, 2.75) is 20.3 Å². The maximum atomic E-state index is 12.6. The number of carbonyl (C=O) groups is 1. The second-order valence-corrected chi connectivity index (χ2v) is 9.98. The second kappa shape index (κ2) is 8.31. The van der Waals surface area contributed by atoms with Crippen LogP contribution in [0.1, 0.15) is 25.0 Å². The van der Waals surface area contributed by atoms with Gasteiger partial charge in [0.1, 0.15) is 0 Å². The van der Waals surface area contributed by atoms with Crippen molar-refractivity contribution in [1.29, 1.82) is 0 Å². The van der Waals surface area contributed by atoms with E-state index in [1.807, 2.05) is 24.3 Å². The van der Waals surface area contributed by atoms with E-state index < -0.39 is 21.2 Å². The molecule has 0 spiro atoms. The molecule has 28 heavy (non-hydrogen) atoms. The van der Waals surface area contributed by atoms with E-state index in [1.165, 1.54) is 14.7 Å². The molecule has 0 atom stereocenters. The Morgan fingerprint density at radius 2 is 2.00 bits per heavy atom. The summed E-state index contributed by atoms with van der Waals surface area (Å²) in [5.41, 5.74) is 3.29. The fraction of sp³-hybridized carbons (Fsp3) is 0.364. The van der Waals surface area contributed by atoms with Gasteiger partial charge in [-0.05, 0) is 0 Å². The normalized spacial score (nSPS) is 12.8. The summed E-state index contributed by atoms with van der Waals surface area (Å²) in [5, 5.41) is 6.28. The van der Waals surface area contributed by atoms with E-state index in [-0.39, 0.29) is 5.56 Å². The zero-order valence-corrected chi connectivity index (χ0v) is 18.4. The summed E-state index contributed by atoms with van der Waals surface area (Å²) >= 11 is -0.724. The van der Waals surface area contributed by atoms with Crippen molar-refractivity contribution in [2.75, 3.05) is 32.7 Å². The van der Waals surface area contributed by atoms with E-state index in [1.54, 1.807) is 0 Å². The van der Waals surface area contributed by atoms with E-state index in [4.69, 9.17) is 0 Å². The number of nitrogens with one attached hydrogen (secondary N) is 2. The van der Waals surface area contributed by atoms with Gasteiger partial charge in [-0.2, -0.15) is 0 Å². The second-order valence-electron chi connectivity index (χ2n) is 7.07. The molecule has 0 radical (unpaired) electrons. The van der Waals surface area contributed by atoms with Crippen LogP contribution >= 0.6 is 0 Å². The van der Waals surface area contributed by atoms with Crippen LogP contribution in [0.4, 0.5) is 0 Å². The van der Waals surface area contributed by atoms with Crippen LogP contribution < -0.4 is 32.1 Å². The van der Waals surface area contributed by atoms with Crippen molar-refractivity contribution < 1.29 is 26.0 Å². The van der Waals surface area contributed by atoms with Crippen LogP contribution in [0.5, 0.6) is 0 Å². The monoisotopic (exact) mass is 490 g/mol. The minimum atomic E-state index is -0.724. The van der Waals surface area contributed by atoms with Gasteiger partial charge in [0.25, 0.3) is 0 Å². The molecular formula is C22H25IN3O2-. The molecule has 0 aliphatic heterocycles. The van der Waals surface area contributed by atoms with E-state index in [2.05, 4.69) is 35.1 Å². The van der Waals surface area contributed by atoms with Crippen LogP contribution in [-0.2, 0) is 11.2 Å². The van der Waals surface area contributed by atoms with Gasteiger partial charge in [-0.3, -0.25) is 0 Å². The Hall–Kier alpha value is -1.77. The number of rotatable bonds is 9. The summed E-state index contributed by atoms with van der Waals surface area (Å²) in [6.07, 6.45) is 0.818. The molecule has 148 valence electrons. The summed E-state index contributed by atoms with van der Waals surface area (Å²) in [4.78, 5) is 30.3. The van der Waals surface area contributed by atoms with Crippen molar-refractivity contribution >= 4 is 25.5 Å². The van der Waals surface area contributed by atoms with Gasteiger partial charge in [-0.15, -0.1) is 0 Å². The van der Waals surface area contributed by atoms with E-state index in [0.717, 1.165) is 54.3 Å². The van der Waals surface area contributed by atoms with E-state index in [9.17, 15) is 9.59 Å².